The van der Waals surface area contributed by atoms with Crippen molar-refractivity contribution in [2.45, 2.75) is 19.3 Å². The summed E-state index contributed by atoms with van der Waals surface area (Å²) in [5, 5.41) is 0.784. The van der Waals surface area contributed by atoms with Crippen molar-refractivity contribution in [2.75, 3.05) is 5.88 Å². The maximum atomic E-state index is 6.04. The van der Waals surface area contributed by atoms with E-state index in [9.17, 15) is 0 Å². The van der Waals surface area contributed by atoms with Crippen LogP contribution < -0.4 is 0 Å². The third-order valence-electron chi connectivity index (χ3n) is 4.43. The van der Waals surface area contributed by atoms with E-state index in [-0.39, 0.29) is 26.2 Å². The number of benzene rings is 2. The summed E-state index contributed by atoms with van der Waals surface area (Å²) in [4.78, 5) is 0. The number of aryl methyl sites for hydroxylation is 1. The van der Waals surface area contributed by atoms with Crippen molar-refractivity contribution in [3.05, 3.63) is 69.6 Å². The van der Waals surface area contributed by atoms with E-state index in [1.54, 1.807) is 0 Å². The predicted octanol–water partition coefficient (Wildman–Crippen LogP) is 5.68. The van der Waals surface area contributed by atoms with Crippen LogP contribution in [0.2, 0.25) is 5.02 Å². The van der Waals surface area contributed by atoms with Crippen molar-refractivity contribution < 1.29 is 26.2 Å². The molecule has 0 N–H and O–H groups in total. The van der Waals surface area contributed by atoms with Gasteiger partial charge in [-0.25, -0.2) is 0 Å². The molecule has 0 spiro atoms. The predicted molar refractivity (Wildman–Crippen MR) is 91.0 cm³/mol. The molecule has 2 aromatic carbocycles. The normalized spacial score (nSPS) is 15.1. The molecule has 2 aliphatic carbocycles. The fraction of sp³-hybridized carbons (Fsp3) is 0.211. The molecule has 0 bridgehead atoms. The summed E-state index contributed by atoms with van der Waals surface area (Å²) in [5.74, 6) is 0.569. The molecule has 109 valence electrons. The van der Waals surface area contributed by atoms with Gasteiger partial charge in [-0.1, -0.05) is 35.9 Å². The van der Waals surface area contributed by atoms with E-state index in [4.69, 9.17) is 23.2 Å². The molecule has 0 nitrogen and oxygen atoms in total. The van der Waals surface area contributed by atoms with Crippen LogP contribution in [0.5, 0.6) is 0 Å². The molecule has 22 heavy (non-hydrogen) atoms. The summed E-state index contributed by atoms with van der Waals surface area (Å²) in [6.07, 6.45) is 8.08. The van der Waals surface area contributed by atoms with Gasteiger partial charge in [0.25, 0.3) is 0 Å². The van der Waals surface area contributed by atoms with Crippen molar-refractivity contribution >= 4 is 29.3 Å². The Kier molecular flexibility index (Phi) is 4.98. The Hall–Kier alpha value is -0.357. The monoisotopic (exact) mass is 403 g/mol. The van der Waals surface area contributed by atoms with Gasteiger partial charge in [0.15, 0.2) is 0 Å². The molecular formula is C19H15Cl2Zr. The third-order valence-corrected chi connectivity index (χ3v) is 4.99. The standard InChI is InChI=1S/C19H15Cl2.Zr/c20-11-12-8-15-10-14-2-1-3-17(14)19(18(15)9-12)13-4-6-16(21)7-5-13;/h4-10H,1-3,11H2;. The van der Waals surface area contributed by atoms with Crippen LogP contribution in [0.3, 0.4) is 0 Å². The van der Waals surface area contributed by atoms with Crippen LogP contribution in [0.15, 0.2) is 35.9 Å². The molecule has 0 saturated carbocycles. The van der Waals surface area contributed by atoms with Gasteiger partial charge < -0.3 is 0 Å². The van der Waals surface area contributed by atoms with Gasteiger partial charge in [-0.05, 0) is 70.3 Å². The number of allylic oxidation sites excluding steroid dienone is 1. The van der Waals surface area contributed by atoms with Crippen LogP contribution in [-0.4, -0.2) is 5.88 Å². The molecular weight excluding hydrogens is 390 g/mol. The van der Waals surface area contributed by atoms with Crippen molar-refractivity contribution in [2.24, 2.45) is 0 Å². The van der Waals surface area contributed by atoms with Crippen molar-refractivity contribution in [3.63, 3.8) is 0 Å². The van der Waals surface area contributed by atoms with Gasteiger partial charge in [0.2, 0.25) is 0 Å². The molecule has 3 heteroatoms. The van der Waals surface area contributed by atoms with Gasteiger partial charge in [0, 0.05) is 43.5 Å². The molecule has 1 radical (unpaired) electrons. The van der Waals surface area contributed by atoms with E-state index in [0.717, 1.165) is 5.02 Å². The minimum Gasteiger partial charge on any atom is -0.122 e. The van der Waals surface area contributed by atoms with Gasteiger partial charge >= 0.3 is 0 Å². The average molecular weight is 405 g/mol. The number of hydrogen-bond donors (Lipinski definition) is 0. The first-order valence-electron chi connectivity index (χ1n) is 7.32. The molecule has 4 rings (SSSR count). The maximum absolute atomic E-state index is 6.04. The van der Waals surface area contributed by atoms with Crippen molar-refractivity contribution in [1.82, 2.24) is 0 Å². The van der Waals surface area contributed by atoms with Crippen LogP contribution in [0, 0.1) is 6.42 Å². The van der Waals surface area contributed by atoms with E-state index in [2.05, 4.69) is 30.7 Å². The molecule has 0 atom stereocenters. The number of alkyl halides is 1. The van der Waals surface area contributed by atoms with Crippen LogP contribution in [0.4, 0.5) is 0 Å². The van der Waals surface area contributed by atoms with Crippen LogP contribution >= 0.6 is 23.2 Å². The fourth-order valence-corrected chi connectivity index (χ4v) is 3.79. The minimum atomic E-state index is 0. The largest absolute Gasteiger partial charge is 0.122 e. The summed E-state index contributed by atoms with van der Waals surface area (Å²) in [5.41, 5.74) is 9.49. The van der Waals surface area contributed by atoms with E-state index in [1.165, 1.54) is 58.2 Å². The summed E-state index contributed by atoms with van der Waals surface area (Å²) in [7, 11) is 0. The Morgan fingerprint density at radius 2 is 1.82 bits per heavy atom. The smallest absolute Gasteiger partial charge is 0.0443 e. The number of rotatable bonds is 2. The fourth-order valence-electron chi connectivity index (χ4n) is 3.51. The molecule has 0 aromatic heterocycles. The van der Waals surface area contributed by atoms with Crippen LogP contribution in [0.25, 0.3) is 17.2 Å². The van der Waals surface area contributed by atoms with E-state index in [0.29, 0.717) is 5.88 Å². The second-order valence-electron chi connectivity index (χ2n) is 5.75. The van der Waals surface area contributed by atoms with Crippen LogP contribution in [-0.2, 0) is 39.0 Å². The van der Waals surface area contributed by atoms with Crippen LogP contribution in [0.1, 0.15) is 28.7 Å². The van der Waals surface area contributed by atoms with E-state index in [1.807, 2.05) is 12.1 Å². The Balaban J connectivity index is 0.00000144. The zero-order valence-electron chi connectivity index (χ0n) is 12.1. The van der Waals surface area contributed by atoms with E-state index < -0.39 is 0 Å². The SMILES string of the molecule is ClCC1=Cc2c(cc3c(c2-c2ccc(Cl)cc2)CCC3)[CH]1.[Zr]. The quantitative estimate of drug-likeness (QED) is 0.564. The average Bonchev–Trinajstić information content (AvgIpc) is 3.11. The third kappa shape index (κ3) is 2.77. The topological polar surface area (TPSA) is 0 Å². The van der Waals surface area contributed by atoms with Gasteiger partial charge in [0.05, 0.1) is 0 Å². The number of fused-ring (bicyclic) bond motifs is 2. The van der Waals surface area contributed by atoms with Gasteiger partial charge in [0.1, 0.15) is 0 Å². The summed E-state index contributed by atoms with van der Waals surface area (Å²) in [6.45, 7) is 0. The first kappa shape index (κ1) is 16.5. The Morgan fingerprint density at radius 1 is 1.05 bits per heavy atom. The zero-order chi connectivity index (χ0) is 14.4. The molecule has 0 fully saturated rings. The number of halogens is 2. The Labute approximate surface area is 160 Å². The van der Waals surface area contributed by atoms with Gasteiger partial charge in [-0.3, -0.25) is 0 Å². The molecule has 0 heterocycles. The molecule has 2 aliphatic rings. The molecule has 0 amide bonds. The summed E-state index contributed by atoms with van der Waals surface area (Å²) >= 11 is 12.1. The Morgan fingerprint density at radius 3 is 2.55 bits per heavy atom. The van der Waals surface area contributed by atoms with Crippen molar-refractivity contribution in [1.29, 1.82) is 0 Å². The zero-order valence-corrected chi connectivity index (χ0v) is 16.1. The van der Waals surface area contributed by atoms with E-state index >= 15 is 0 Å². The first-order valence-corrected chi connectivity index (χ1v) is 8.23. The second-order valence-corrected chi connectivity index (χ2v) is 6.45. The van der Waals surface area contributed by atoms with Gasteiger partial charge in [-0.2, -0.15) is 0 Å². The number of hydrogen-bond acceptors (Lipinski definition) is 0. The molecule has 0 unspecified atom stereocenters. The second kappa shape index (κ2) is 6.64. The maximum Gasteiger partial charge on any atom is 0.0443 e. The molecule has 2 aromatic rings. The first-order chi connectivity index (χ1) is 10.3. The molecule has 0 aliphatic heterocycles. The molecule has 0 saturated heterocycles. The van der Waals surface area contributed by atoms with Gasteiger partial charge in [-0.15, -0.1) is 11.6 Å². The van der Waals surface area contributed by atoms with Crippen molar-refractivity contribution in [3.8, 4) is 11.1 Å². The summed E-state index contributed by atoms with van der Waals surface area (Å²) < 4.78 is 0. The Bertz CT molecular complexity index is 745. The minimum absolute atomic E-state index is 0. The summed E-state index contributed by atoms with van der Waals surface area (Å²) in [6, 6.07) is 10.6.